The molecule has 5 rings (SSSR count). The Morgan fingerprint density at radius 1 is 1.10 bits per heavy atom. The van der Waals surface area contributed by atoms with Crippen molar-refractivity contribution in [3.8, 4) is 0 Å². The highest BCUT2D eigenvalue weighted by atomic mass is 16.5. The molecule has 160 valence electrons. The number of hydrogen-bond acceptors (Lipinski definition) is 8. The van der Waals surface area contributed by atoms with Crippen LogP contribution in [0.15, 0.2) is 6.33 Å². The van der Waals surface area contributed by atoms with Crippen LogP contribution in [-0.4, -0.2) is 98.6 Å². The molecule has 2 amide bonds. The van der Waals surface area contributed by atoms with Gasteiger partial charge in [-0.2, -0.15) is 0 Å². The summed E-state index contributed by atoms with van der Waals surface area (Å²) in [6.45, 7) is 6.88. The first-order valence-corrected chi connectivity index (χ1v) is 10.6. The summed E-state index contributed by atoms with van der Waals surface area (Å²) in [5, 5.41) is 8.33. The molecule has 3 aliphatic rings. The van der Waals surface area contributed by atoms with Crippen LogP contribution in [0.4, 0.5) is 5.82 Å². The summed E-state index contributed by atoms with van der Waals surface area (Å²) < 4.78 is 7.24. The van der Waals surface area contributed by atoms with Crippen LogP contribution in [0.1, 0.15) is 19.8 Å². The molecule has 3 saturated heterocycles. The van der Waals surface area contributed by atoms with Crippen molar-refractivity contribution in [2.75, 3.05) is 50.8 Å². The first-order valence-electron chi connectivity index (χ1n) is 10.6. The molecule has 11 nitrogen and oxygen atoms in total. The highest BCUT2D eigenvalue weighted by molar-refractivity contribution is 5.87. The number of amides is 2. The van der Waals surface area contributed by atoms with Gasteiger partial charge in [0.2, 0.25) is 5.91 Å². The van der Waals surface area contributed by atoms with E-state index >= 15 is 0 Å². The van der Waals surface area contributed by atoms with Crippen molar-refractivity contribution in [1.29, 1.82) is 0 Å². The lowest BCUT2D eigenvalue weighted by molar-refractivity contribution is -0.147. The minimum absolute atomic E-state index is 0.0587. The molecule has 0 aromatic carbocycles. The number of nitrogens with zero attached hydrogens (tertiary/aromatic N) is 8. The van der Waals surface area contributed by atoms with Crippen molar-refractivity contribution in [2.24, 2.45) is 5.92 Å². The molecule has 3 aliphatic heterocycles. The number of anilines is 1. The molecule has 0 N–H and O–H groups in total. The SMILES string of the molecule is CCn1nnc2c(N3CC(C(=O)N4CCN(C(=O)C5CCCO5)CC4)C3)ncnc21. The molecule has 0 aliphatic carbocycles. The number of piperazine rings is 1. The third kappa shape index (κ3) is 3.26. The van der Waals surface area contributed by atoms with Gasteiger partial charge in [-0.3, -0.25) is 9.59 Å². The topological polar surface area (TPSA) is 110 Å². The van der Waals surface area contributed by atoms with E-state index in [1.54, 1.807) is 4.68 Å². The number of aryl methyl sites for hydroxylation is 1. The minimum Gasteiger partial charge on any atom is -0.368 e. The maximum absolute atomic E-state index is 12.9. The van der Waals surface area contributed by atoms with Crippen molar-refractivity contribution in [2.45, 2.75) is 32.4 Å². The Kier molecular flexibility index (Phi) is 4.97. The average molecular weight is 414 g/mol. The Balaban J connectivity index is 1.16. The van der Waals surface area contributed by atoms with Gasteiger partial charge in [-0.1, -0.05) is 5.21 Å². The highest BCUT2D eigenvalue weighted by Gasteiger charge is 2.39. The zero-order valence-electron chi connectivity index (χ0n) is 17.1. The quantitative estimate of drug-likeness (QED) is 0.660. The zero-order valence-corrected chi connectivity index (χ0v) is 17.1. The fraction of sp³-hybridized carbons (Fsp3) is 0.684. The highest BCUT2D eigenvalue weighted by Crippen LogP contribution is 2.28. The van der Waals surface area contributed by atoms with Crippen molar-refractivity contribution in [3.63, 3.8) is 0 Å². The second-order valence-electron chi connectivity index (χ2n) is 8.03. The predicted octanol–water partition coefficient (Wildman–Crippen LogP) is -0.473. The maximum Gasteiger partial charge on any atom is 0.251 e. The van der Waals surface area contributed by atoms with Crippen LogP contribution in [0, 0.1) is 5.92 Å². The van der Waals surface area contributed by atoms with Crippen LogP contribution in [-0.2, 0) is 20.9 Å². The molecular formula is C19H26N8O3. The molecule has 1 unspecified atom stereocenters. The molecular weight excluding hydrogens is 388 g/mol. The molecule has 30 heavy (non-hydrogen) atoms. The first-order chi connectivity index (χ1) is 14.7. The van der Waals surface area contributed by atoms with E-state index in [-0.39, 0.29) is 23.8 Å². The van der Waals surface area contributed by atoms with E-state index in [0.29, 0.717) is 63.6 Å². The molecule has 0 bridgehead atoms. The molecule has 2 aromatic rings. The number of ether oxygens (including phenoxy) is 1. The number of rotatable bonds is 4. The monoisotopic (exact) mass is 414 g/mol. The molecule has 11 heteroatoms. The van der Waals surface area contributed by atoms with E-state index in [2.05, 4.69) is 25.2 Å². The molecule has 5 heterocycles. The Morgan fingerprint density at radius 2 is 1.83 bits per heavy atom. The van der Waals surface area contributed by atoms with Gasteiger partial charge in [0.05, 0.1) is 5.92 Å². The van der Waals surface area contributed by atoms with Gasteiger partial charge in [-0.15, -0.1) is 5.10 Å². The number of fused-ring (bicyclic) bond motifs is 1. The maximum atomic E-state index is 12.9. The van der Waals surface area contributed by atoms with Crippen molar-refractivity contribution in [3.05, 3.63) is 6.33 Å². The number of hydrogen-bond donors (Lipinski definition) is 0. The lowest BCUT2D eigenvalue weighted by atomic mass is 9.98. The fourth-order valence-electron chi connectivity index (χ4n) is 4.41. The summed E-state index contributed by atoms with van der Waals surface area (Å²) in [6.07, 6.45) is 2.98. The summed E-state index contributed by atoms with van der Waals surface area (Å²) in [7, 11) is 0. The Labute approximate surface area is 174 Å². The van der Waals surface area contributed by atoms with E-state index in [1.165, 1.54) is 6.33 Å². The normalized spacial score (nSPS) is 22.6. The van der Waals surface area contributed by atoms with E-state index in [9.17, 15) is 9.59 Å². The van der Waals surface area contributed by atoms with Crippen molar-refractivity contribution >= 4 is 28.8 Å². The van der Waals surface area contributed by atoms with Gasteiger partial charge >= 0.3 is 0 Å². The van der Waals surface area contributed by atoms with Crippen LogP contribution >= 0.6 is 0 Å². The van der Waals surface area contributed by atoms with Crippen LogP contribution in [0.3, 0.4) is 0 Å². The third-order valence-corrected chi connectivity index (χ3v) is 6.22. The summed E-state index contributed by atoms with van der Waals surface area (Å²) in [5.41, 5.74) is 1.39. The van der Waals surface area contributed by atoms with Crippen LogP contribution in [0.5, 0.6) is 0 Å². The van der Waals surface area contributed by atoms with E-state index in [4.69, 9.17) is 4.74 Å². The largest absolute Gasteiger partial charge is 0.368 e. The van der Waals surface area contributed by atoms with Crippen LogP contribution in [0.2, 0.25) is 0 Å². The van der Waals surface area contributed by atoms with Gasteiger partial charge < -0.3 is 19.4 Å². The molecule has 3 fully saturated rings. The summed E-state index contributed by atoms with van der Waals surface area (Å²) in [4.78, 5) is 39.8. The number of carbonyl (C=O) groups excluding carboxylic acids is 2. The summed E-state index contributed by atoms with van der Waals surface area (Å²) >= 11 is 0. The fourth-order valence-corrected chi connectivity index (χ4v) is 4.41. The standard InChI is InChI=1S/C19H26N8O3/c1-2-27-17-15(22-23-27)16(20-12-21-17)26-10-13(11-26)18(28)24-5-7-25(8-6-24)19(29)14-4-3-9-30-14/h12-14H,2-11H2,1H3. The van der Waals surface area contributed by atoms with E-state index in [0.717, 1.165) is 18.7 Å². The lowest BCUT2D eigenvalue weighted by Gasteiger charge is -2.43. The summed E-state index contributed by atoms with van der Waals surface area (Å²) in [5.74, 6) is 0.896. The molecule has 0 spiro atoms. The van der Waals surface area contributed by atoms with Gasteiger partial charge in [-0.25, -0.2) is 14.6 Å². The van der Waals surface area contributed by atoms with Gasteiger partial charge in [0.25, 0.3) is 5.91 Å². The molecule has 0 radical (unpaired) electrons. The molecule has 1 atom stereocenters. The Bertz CT molecular complexity index is 942. The molecule has 0 saturated carbocycles. The van der Waals surface area contributed by atoms with E-state index < -0.39 is 0 Å². The molecule has 2 aromatic heterocycles. The Hall–Kier alpha value is -2.82. The minimum atomic E-state index is -0.289. The first kappa shape index (κ1) is 19.2. The average Bonchev–Trinajstić information content (AvgIpc) is 3.42. The van der Waals surface area contributed by atoms with E-state index in [1.807, 2.05) is 16.7 Å². The van der Waals surface area contributed by atoms with Crippen LogP contribution < -0.4 is 4.90 Å². The smallest absolute Gasteiger partial charge is 0.251 e. The Morgan fingerprint density at radius 3 is 2.50 bits per heavy atom. The number of carbonyl (C=O) groups is 2. The predicted molar refractivity (Wildman–Crippen MR) is 107 cm³/mol. The number of aromatic nitrogens is 5. The van der Waals surface area contributed by atoms with Gasteiger partial charge in [-0.05, 0) is 19.8 Å². The summed E-state index contributed by atoms with van der Waals surface area (Å²) in [6, 6.07) is 0. The van der Waals surface area contributed by atoms with Crippen molar-refractivity contribution < 1.29 is 14.3 Å². The second-order valence-corrected chi connectivity index (χ2v) is 8.03. The van der Waals surface area contributed by atoms with Crippen molar-refractivity contribution in [1.82, 2.24) is 34.8 Å². The lowest BCUT2D eigenvalue weighted by Crippen LogP contribution is -2.59. The van der Waals surface area contributed by atoms with Crippen LogP contribution in [0.25, 0.3) is 11.2 Å². The van der Waals surface area contributed by atoms with Gasteiger partial charge in [0.15, 0.2) is 17.0 Å². The second kappa shape index (κ2) is 7.78. The zero-order chi connectivity index (χ0) is 20.7. The van der Waals surface area contributed by atoms with Gasteiger partial charge in [0.1, 0.15) is 12.4 Å². The van der Waals surface area contributed by atoms with Gasteiger partial charge in [0, 0.05) is 52.4 Å². The third-order valence-electron chi connectivity index (χ3n) is 6.22.